The Morgan fingerprint density at radius 1 is 0.424 bits per heavy atom. The van der Waals surface area contributed by atoms with E-state index in [-0.39, 0.29) is 17.2 Å². The highest BCUT2D eigenvalue weighted by Gasteiger charge is 2.18. The summed E-state index contributed by atoms with van der Waals surface area (Å²) in [7, 11) is 0. The van der Waals surface area contributed by atoms with Crippen LogP contribution in [-0.4, -0.2) is 15.3 Å². The van der Waals surface area contributed by atoms with Crippen LogP contribution in [0.4, 0.5) is 0 Å². The van der Waals surface area contributed by atoms with E-state index in [1.807, 2.05) is 78.9 Å². The number of phenols is 3. The van der Waals surface area contributed by atoms with E-state index in [0.717, 1.165) is 43.6 Å². The largest absolute Gasteiger partial charge is 0.508 e. The fraction of sp³-hybridized carbons (Fsp3) is 0. The Balaban J connectivity index is 1.71. The predicted octanol–water partition coefficient (Wildman–Crippen LogP) is 7.60. The maximum Gasteiger partial charge on any atom is 0.124 e. The average Bonchev–Trinajstić information content (AvgIpc) is 2.83. The third-order valence-electron chi connectivity index (χ3n) is 6.35. The summed E-state index contributed by atoms with van der Waals surface area (Å²) < 4.78 is 0. The van der Waals surface area contributed by atoms with E-state index in [1.165, 1.54) is 0 Å². The van der Waals surface area contributed by atoms with Crippen LogP contribution in [0.1, 0.15) is 0 Å². The smallest absolute Gasteiger partial charge is 0.124 e. The summed E-state index contributed by atoms with van der Waals surface area (Å²) in [4.78, 5) is 0. The normalized spacial score (nSPS) is 11.4. The second kappa shape index (κ2) is 7.28. The molecule has 0 aliphatic carbocycles. The van der Waals surface area contributed by atoms with E-state index >= 15 is 0 Å². The molecule has 6 aromatic carbocycles. The summed E-state index contributed by atoms with van der Waals surface area (Å²) in [5.41, 5.74) is 3.46. The van der Waals surface area contributed by atoms with Crippen molar-refractivity contribution in [3.8, 4) is 39.5 Å². The Morgan fingerprint density at radius 3 is 2.06 bits per heavy atom. The highest BCUT2D eigenvalue weighted by molar-refractivity contribution is 6.15. The van der Waals surface area contributed by atoms with Gasteiger partial charge in [0.15, 0.2) is 0 Å². The van der Waals surface area contributed by atoms with Gasteiger partial charge in [0.2, 0.25) is 0 Å². The van der Waals surface area contributed by atoms with Gasteiger partial charge < -0.3 is 15.3 Å². The number of hydrogen-bond acceptors (Lipinski definition) is 3. The maximum absolute atomic E-state index is 11.0. The van der Waals surface area contributed by atoms with Gasteiger partial charge in [0.1, 0.15) is 17.2 Å². The molecule has 0 fully saturated rings. The van der Waals surface area contributed by atoms with Crippen LogP contribution >= 0.6 is 0 Å². The molecular formula is C30H20O3. The summed E-state index contributed by atoms with van der Waals surface area (Å²) in [6, 6.07) is 32.4. The molecule has 0 amide bonds. The minimum Gasteiger partial charge on any atom is -0.508 e. The fourth-order valence-corrected chi connectivity index (χ4v) is 4.88. The SMILES string of the molecule is Oc1ccc2c(-c3ccc(-c4c(O)ccc5ccccc45)c4c(O)cccc34)cccc2c1. The molecule has 0 aliphatic heterocycles. The van der Waals surface area contributed by atoms with Gasteiger partial charge in [-0.2, -0.15) is 0 Å². The minimum atomic E-state index is 0.162. The zero-order valence-corrected chi connectivity index (χ0v) is 17.7. The van der Waals surface area contributed by atoms with Crippen molar-refractivity contribution >= 4 is 32.3 Å². The van der Waals surface area contributed by atoms with Crippen LogP contribution in [0.2, 0.25) is 0 Å². The molecular weight excluding hydrogens is 408 g/mol. The van der Waals surface area contributed by atoms with Gasteiger partial charge in [-0.25, -0.2) is 0 Å². The number of rotatable bonds is 2. The second-order valence-corrected chi connectivity index (χ2v) is 8.25. The molecule has 0 unspecified atom stereocenters. The van der Waals surface area contributed by atoms with Crippen molar-refractivity contribution in [3.05, 3.63) is 103 Å². The molecule has 3 nitrogen and oxygen atoms in total. The van der Waals surface area contributed by atoms with Crippen molar-refractivity contribution in [2.24, 2.45) is 0 Å². The molecule has 6 aromatic rings. The summed E-state index contributed by atoms with van der Waals surface area (Å²) in [6.07, 6.45) is 0. The zero-order valence-electron chi connectivity index (χ0n) is 17.7. The van der Waals surface area contributed by atoms with Gasteiger partial charge in [-0.15, -0.1) is 0 Å². The Bertz CT molecular complexity index is 1700. The monoisotopic (exact) mass is 428 g/mol. The molecule has 0 radical (unpaired) electrons. The Hall–Kier alpha value is -4.50. The van der Waals surface area contributed by atoms with Crippen LogP contribution in [0, 0.1) is 0 Å². The molecule has 0 spiro atoms. The highest BCUT2D eigenvalue weighted by atomic mass is 16.3. The molecule has 0 atom stereocenters. The van der Waals surface area contributed by atoms with Crippen molar-refractivity contribution in [2.75, 3.05) is 0 Å². The first-order valence-corrected chi connectivity index (χ1v) is 10.8. The number of benzene rings is 6. The van der Waals surface area contributed by atoms with Crippen LogP contribution < -0.4 is 0 Å². The molecule has 0 bridgehead atoms. The zero-order chi connectivity index (χ0) is 22.5. The lowest BCUT2D eigenvalue weighted by atomic mass is 9.88. The van der Waals surface area contributed by atoms with Gasteiger partial charge >= 0.3 is 0 Å². The quantitative estimate of drug-likeness (QED) is 0.266. The minimum absolute atomic E-state index is 0.162. The lowest BCUT2D eigenvalue weighted by Gasteiger charge is -2.17. The standard InChI is InChI=1S/C30H20O3/c31-20-12-13-21-19(17-20)6-3-8-23(21)24-14-15-26(30-25(24)9-4-10-27(30)32)29-22-7-2-1-5-18(22)11-16-28(29)33/h1-17,31-33H. The molecule has 0 saturated heterocycles. The van der Waals surface area contributed by atoms with Crippen molar-refractivity contribution in [1.29, 1.82) is 0 Å². The van der Waals surface area contributed by atoms with Crippen molar-refractivity contribution in [1.82, 2.24) is 0 Å². The Labute approximate surface area is 190 Å². The van der Waals surface area contributed by atoms with E-state index in [4.69, 9.17) is 0 Å². The molecule has 3 N–H and O–H groups in total. The van der Waals surface area contributed by atoms with Crippen molar-refractivity contribution < 1.29 is 15.3 Å². The molecule has 0 saturated carbocycles. The molecule has 33 heavy (non-hydrogen) atoms. The van der Waals surface area contributed by atoms with Crippen LogP contribution in [0.5, 0.6) is 17.2 Å². The van der Waals surface area contributed by atoms with Crippen LogP contribution in [-0.2, 0) is 0 Å². The highest BCUT2D eigenvalue weighted by Crippen LogP contribution is 2.46. The maximum atomic E-state index is 11.0. The molecule has 0 heterocycles. The van der Waals surface area contributed by atoms with Crippen LogP contribution in [0.3, 0.4) is 0 Å². The molecule has 0 aromatic heterocycles. The van der Waals surface area contributed by atoms with Crippen LogP contribution in [0.25, 0.3) is 54.6 Å². The van der Waals surface area contributed by atoms with Gasteiger partial charge in [0.05, 0.1) is 0 Å². The number of hydrogen-bond donors (Lipinski definition) is 3. The van der Waals surface area contributed by atoms with E-state index in [9.17, 15) is 15.3 Å². The first kappa shape index (κ1) is 19.2. The van der Waals surface area contributed by atoms with E-state index in [1.54, 1.807) is 24.3 Å². The molecule has 3 heteroatoms. The van der Waals surface area contributed by atoms with Crippen molar-refractivity contribution in [2.45, 2.75) is 0 Å². The number of fused-ring (bicyclic) bond motifs is 3. The third-order valence-corrected chi connectivity index (χ3v) is 6.35. The average molecular weight is 428 g/mol. The molecule has 6 rings (SSSR count). The van der Waals surface area contributed by atoms with Gasteiger partial charge in [-0.3, -0.25) is 0 Å². The lowest BCUT2D eigenvalue weighted by Crippen LogP contribution is -1.90. The lowest BCUT2D eigenvalue weighted by molar-refractivity contribution is 0.476. The van der Waals surface area contributed by atoms with E-state index in [2.05, 4.69) is 0 Å². The van der Waals surface area contributed by atoms with Gasteiger partial charge in [-0.05, 0) is 67.9 Å². The summed E-state index contributed by atoms with van der Waals surface area (Å²) in [6.45, 7) is 0. The predicted molar refractivity (Wildman–Crippen MR) is 135 cm³/mol. The van der Waals surface area contributed by atoms with Gasteiger partial charge in [0, 0.05) is 10.9 Å². The van der Waals surface area contributed by atoms with E-state index in [0.29, 0.717) is 10.9 Å². The first-order valence-electron chi connectivity index (χ1n) is 10.8. The van der Waals surface area contributed by atoms with Gasteiger partial charge in [0.25, 0.3) is 0 Å². The molecule has 0 aliphatic rings. The summed E-state index contributed by atoms with van der Waals surface area (Å²) in [5.74, 6) is 0.560. The fourth-order valence-electron chi connectivity index (χ4n) is 4.88. The number of phenolic OH excluding ortho intramolecular Hbond substituents is 3. The summed E-state index contributed by atoms with van der Waals surface area (Å²) in [5, 5.41) is 37.2. The van der Waals surface area contributed by atoms with Gasteiger partial charge in [-0.1, -0.05) is 78.9 Å². The molecule has 158 valence electrons. The van der Waals surface area contributed by atoms with E-state index < -0.39 is 0 Å². The summed E-state index contributed by atoms with van der Waals surface area (Å²) >= 11 is 0. The number of aromatic hydroxyl groups is 3. The Morgan fingerprint density at radius 2 is 1.15 bits per heavy atom. The van der Waals surface area contributed by atoms with Crippen LogP contribution in [0.15, 0.2) is 103 Å². The first-order chi connectivity index (χ1) is 16.1. The van der Waals surface area contributed by atoms with Crippen molar-refractivity contribution in [3.63, 3.8) is 0 Å². The Kier molecular flexibility index (Phi) is 4.24. The topological polar surface area (TPSA) is 60.7 Å². The second-order valence-electron chi connectivity index (χ2n) is 8.25. The third kappa shape index (κ3) is 2.98.